The summed E-state index contributed by atoms with van der Waals surface area (Å²) in [6.07, 6.45) is -0.000194. The lowest BCUT2D eigenvalue weighted by Crippen LogP contribution is -2.29. The first-order valence-corrected chi connectivity index (χ1v) is 6.16. The molecule has 1 heterocycles. The van der Waals surface area contributed by atoms with Gasteiger partial charge in [-0.25, -0.2) is 0 Å². The zero-order valence-corrected chi connectivity index (χ0v) is 11.3. The van der Waals surface area contributed by atoms with Crippen LogP contribution in [0.3, 0.4) is 0 Å². The van der Waals surface area contributed by atoms with E-state index in [0.29, 0.717) is 5.56 Å². The second kappa shape index (κ2) is 4.92. The van der Waals surface area contributed by atoms with Crippen molar-refractivity contribution in [2.45, 2.75) is 20.3 Å². The van der Waals surface area contributed by atoms with Crippen LogP contribution in [-0.2, 0) is 9.59 Å². The van der Waals surface area contributed by atoms with Crippen LogP contribution in [0.15, 0.2) is 12.1 Å². The molecule has 2 amide bonds. The molecular formula is C13H15N3O4. The van der Waals surface area contributed by atoms with Crippen molar-refractivity contribution in [3.8, 4) is 0 Å². The standard InChI is InChI=1S/C13H15N3O4/c1-7-3-8(2)12(10(4-7)16(19)20)15-6-9(13(14)18)5-11(15)17/h3-4,9H,5-6H2,1-2H3,(H2,14,18). The van der Waals surface area contributed by atoms with E-state index in [1.165, 1.54) is 11.0 Å². The fourth-order valence-electron chi connectivity index (χ4n) is 2.54. The van der Waals surface area contributed by atoms with Crippen molar-refractivity contribution in [1.29, 1.82) is 0 Å². The van der Waals surface area contributed by atoms with Crippen LogP contribution in [0.25, 0.3) is 0 Å². The largest absolute Gasteiger partial charge is 0.369 e. The highest BCUT2D eigenvalue weighted by atomic mass is 16.6. The molecule has 0 bridgehead atoms. The highest BCUT2D eigenvalue weighted by Crippen LogP contribution is 2.36. The fourth-order valence-corrected chi connectivity index (χ4v) is 2.54. The third-order valence-electron chi connectivity index (χ3n) is 3.42. The van der Waals surface area contributed by atoms with E-state index in [4.69, 9.17) is 5.73 Å². The first kappa shape index (κ1) is 14.0. The number of amides is 2. The van der Waals surface area contributed by atoms with Gasteiger partial charge in [0.05, 0.1) is 10.8 Å². The summed E-state index contributed by atoms with van der Waals surface area (Å²) in [7, 11) is 0. The van der Waals surface area contributed by atoms with Gasteiger partial charge in [0, 0.05) is 19.0 Å². The molecule has 1 aliphatic heterocycles. The molecular weight excluding hydrogens is 262 g/mol. The maximum atomic E-state index is 12.0. The molecule has 7 nitrogen and oxygen atoms in total. The number of hydrogen-bond donors (Lipinski definition) is 1. The Morgan fingerprint density at radius 3 is 2.60 bits per heavy atom. The van der Waals surface area contributed by atoms with Crippen molar-refractivity contribution in [1.82, 2.24) is 0 Å². The van der Waals surface area contributed by atoms with Crippen molar-refractivity contribution in [3.05, 3.63) is 33.4 Å². The van der Waals surface area contributed by atoms with E-state index in [-0.39, 0.29) is 30.2 Å². The Bertz CT molecular complexity index is 612. The second-order valence-electron chi connectivity index (χ2n) is 5.01. The molecule has 1 atom stereocenters. The molecule has 20 heavy (non-hydrogen) atoms. The molecule has 0 spiro atoms. The van der Waals surface area contributed by atoms with Crippen LogP contribution in [0.2, 0.25) is 0 Å². The van der Waals surface area contributed by atoms with Crippen molar-refractivity contribution < 1.29 is 14.5 Å². The van der Waals surface area contributed by atoms with Crippen LogP contribution in [0.4, 0.5) is 11.4 Å². The summed E-state index contributed by atoms with van der Waals surface area (Å²) in [5.74, 6) is -1.47. The molecule has 1 unspecified atom stereocenters. The molecule has 1 aromatic carbocycles. The third-order valence-corrected chi connectivity index (χ3v) is 3.42. The van der Waals surface area contributed by atoms with Gasteiger partial charge in [-0.15, -0.1) is 0 Å². The number of nitro benzene ring substituents is 1. The van der Waals surface area contributed by atoms with E-state index in [2.05, 4.69) is 0 Å². The van der Waals surface area contributed by atoms with Crippen LogP contribution < -0.4 is 10.6 Å². The zero-order chi connectivity index (χ0) is 15.0. The smallest absolute Gasteiger partial charge is 0.293 e. The summed E-state index contributed by atoms with van der Waals surface area (Å²) in [4.78, 5) is 35.1. The lowest BCUT2D eigenvalue weighted by atomic mass is 10.1. The summed E-state index contributed by atoms with van der Waals surface area (Å²) in [6.45, 7) is 3.56. The number of nitro groups is 1. The number of aryl methyl sites for hydroxylation is 2. The van der Waals surface area contributed by atoms with Gasteiger partial charge in [0.2, 0.25) is 11.8 Å². The van der Waals surface area contributed by atoms with E-state index < -0.39 is 16.7 Å². The fraction of sp³-hybridized carbons (Fsp3) is 0.385. The minimum Gasteiger partial charge on any atom is -0.369 e. The highest BCUT2D eigenvalue weighted by molar-refractivity contribution is 6.02. The van der Waals surface area contributed by atoms with E-state index >= 15 is 0 Å². The Morgan fingerprint density at radius 2 is 2.10 bits per heavy atom. The van der Waals surface area contributed by atoms with Crippen LogP contribution in [0.5, 0.6) is 0 Å². The van der Waals surface area contributed by atoms with E-state index in [1.807, 2.05) is 0 Å². The zero-order valence-electron chi connectivity index (χ0n) is 11.3. The molecule has 0 aliphatic carbocycles. The predicted octanol–water partition coefficient (Wildman–Crippen LogP) is 1.05. The maximum absolute atomic E-state index is 12.0. The molecule has 1 saturated heterocycles. The van der Waals surface area contributed by atoms with Crippen LogP contribution in [0.1, 0.15) is 17.5 Å². The molecule has 7 heteroatoms. The van der Waals surface area contributed by atoms with Crippen molar-refractivity contribution in [2.24, 2.45) is 11.7 Å². The van der Waals surface area contributed by atoms with Gasteiger partial charge < -0.3 is 10.6 Å². The number of nitrogens with zero attached hydrogens (tertiary/aromatic N) is 2. The normalized spacial score (nSPS) is 18.4. The van der Waals surface area contributed by atoms with Gasteiger partial charge in [0.15, 0.2) is 0 Å². The van der Waals surface area contributed by atoms with Crippen LogP contribution in [0, 0.1) is 29.9 Å². The minimum absolute atomic E-state index is 0.000194. The van der Waals surface area contributed by atoms with Gasteiger partial charge in [-0.1, -0.05) is 6.07 Å². The summed E-state index contributed by atoms with van der Waals surface area (Å²) in [5.41, 5.74) is 6.72. The minimum atomic E-state index is -0.595. The number of nitrogens with two attached hydrogens (primary N) is 1. The number of benzene rings is 1. The molecule has 2 rings (SSSR count). The van der Waals surface area contributed by atoms with Crippen molar-refractivity contribution >= 4 is 23.2 Å². The Hall–Kier alpha value is -2.44. The van der Waals surface area contributed by atoms with Crippen LogP contribution in [-0.4, -0.2) is 23.3 Å². The van der Waals surface area contributed by atoms with Gasteiger partial charge in [0.1, 0.15) is 5.69 Å². The second-order valence-corrected chi connectivity index (χ2v) is 5.01. The van der Waals surface area contributed by atoms with Crippen LogP contribution >= 0.6 is 0 Å². The van der Waals surface area contributed by atoms with E-state index in [9.17, 15) is 19.7 Å². The molecule has 0 radical (unpaired) electrons. The Morgan fingerprint density at radius 1 is 1.45 bits per heavy atom. The average molecular weight is 277 g/mol. The van der Waals surface area contributed by atoms with E-state index in [0.717, 1.165) is 5.56 Å². The van der Waals surface area contributed by atoms with Gasteiger partial charge in [-0.2, -0.15) is 0 Å². The monoisotopic (exact) mass is 277 g/mol. The quantitative estimate of drug-likeness (QED) is 0.658. The highest BCUT2D eigenvalue weighted by Gasteiger charge is 2.37. The molecule has 106 valence electrons. The Balaban J connectivity index is 2.50. The molecule has 2 N–H and O–H groups in total. The molecule has 1 aliphatic rings. The summed E-state index contributed by atoms with van der Waals surface area (Å²) in [6, 6.07) is 3.19. The van der Waals surface area contributed by atoms with E-state index in [1.54, 1.807) is 19.9 Å². The topological polar surface area (TPSA) is 107 Å². The van der Waals surface area contributed by atoms with Crippen molar-refractivity contribution in [2.75, 3.05) is 11.4 Å². The lowest BCUT2D eigenvalue weighted by Gasteiger charge is -2.19. The molecule has 1 aromatic rings. The Kier molecular flexibility index (Phi) is 3.44. The van der Waals surface area contributed by atoms with Crippen molar-refractivity contribution in [3.63, 3.8) is 0 Å². The van der Waals surface area contributed by atoms with Gasteiger partial charge in [0.25, 0.3) is 5.69 Å². The van der Waals surface area contributed by atoms with Gasteiger partial charge in [-0.3, -0.25) is 19.7 Å². The predicted molar refractivity (Wildman–Crippen MR) is 72.2 cm³/mol. The molecule has 0 saturated carbocycles. The first-order chi connectivity index (χ1) is 9.31. The van der Waals surface area contributed by atoms with Gasteiger partial charge >= 0.3 is 0 Å². The third kappa shape index (κ3) is 2.34. The Labute approximate surface area is 115 Å². The maximum Gasteiger partial charge on any atom is 0.293 e. The number of anilines is 1. The number of rotatable bonds is 3. The summed E-state index contributed by atoms with van der Waals surface area (Å²) in [5, 5.41) is 11.2. The number of primary amides is 1. The lowest BCUT2D eigenvalue weighted by molar-refractivity contribution is -0.384. The first-order valence-electron chi connectivity index (χ1n) is 6.16. The summed E-state index contributed by atoms with van der Waals surface area (Å²) < 4.78 is 0. The number of carbonyl (C=O) groups excluding carboxylic acids is 2. The number of hydrogen-bond acceptors (Lipinski definition) is 4. The number of carbonyl (C=O) groups is 2. The molecule has 0 aromatic heterocycles. The SMILES string of the molecule is Cc1cc(C)c(N2CC(C(N)=O)CC2=O)c([N+](=O)[O-])c1. The summed E-state index contributed by atoms with van der Waals surface area (Å²) >= 11 is 0. The average Bonchev–Trinajstić information content (AvgIpc) is 2.70. The van der Waals surface area contributed by atoms with Gasteiger partial charge in [-0.05, 0) is 25.0 Å². The molecule has 1 fully saturated rings.